The van der Waals surface area contributed by atoms with Crippen LogP contribution in [0.5, 0.6) is 0 Å². The molecule has 4 N–H and O–H groups in total. The summed E-state index contributed by atoms with van der Waals surface area (Å²) in [4.78, 5) is 16.9. The average Bonchev–Trinajstić information content (AvgIpc) is 3.39. The van der Waals surface area contributed by atoms with Gasteiger partial charge in [-0.15, -0.1) is 0 Å². The summed E-state index contributed by atoms with van der Waals surface area (Å²) >= 11 is 0. The Morgan fingerprint density at radius 1 is 1.23 bits per heavy atom. The lowest BCUT2D eigenvalue weighted by atomic mass is 10.0. The second-order valence-corrected chi connectivity index (χ2v) is 7.69. The number of hydrogen-bond acceptors (Lipinski definition) is 4. The van der Waals surface area contributed by atoms with E-state index in [0.717, 1.165) is 36.9 Å². The molecule has 1 aromatic heterocycles. The molecule has 30 heavy (non-hydrogen) atoms. The van der Waals surface area contributed by atoms with E-state index < -0.39 is 5.91 Å². The van der Waals surface area contributed by atoms with Crippen LogP contribution in [0.4, 0.5) is 0 Å². The predicted molar refractivity (Wildman–Crippen MR) is 117 cm³/mol. The van der Waals surface area contributed by atoms with Gasteiger partial charge in [-0.05, 0) is 53.7 Å². The summed E-state index contributed by atoms with van der Waals surface area (Å²) in [6.07, 6.45) is 8.02. The molecule has 4 rings (SSSR count). The Hall–Kier alpha value is -2.93. The molecule has 1 aliphatic carbocycles. The number of carbonyl (C=O) groups is 1. The summed E-state index contributed by atoms with van der Waals surface area (Å²) in [6.45, 7) is 1.66. The summed E-state index contributed by atoms with van der Waals surface area (Å²) in [5, 5.41) is 19.5. The van der Waals surface area contributed by atoms with Crippen molar-refractivity contribution in [2.45, 2.75) is 25.3 Å². The van der Waals surface area contributed by atoms with Gasteiger partial charge in [0.05, 0.1) is 6.61 Å². The largest absolute Gasteiger partial charge is 0.395 e. The Balaban J connectivity index is 1.49. The molecule has 3 aromatic rings. The molecule has 6 heteroatoms. The minimum atomic E-state index is -0.542. The molecule has 0 saturated carbocycles. The highest BCUT2D eigenvalue weighted by molar-refractivity contribution is 5.90. The molecule has 1 atom stereocenters. The maximum atomic E-state index is 11.2. The average molecular weight is 405 g/mol. The van der Waals surface area contributed by atoms with Crippen LogP contribution in [0, 0.1) is 0 Å². The second kappa shape index (κ2) is 9.26. The molecule has 0 spiro atoms. The molecule has 2 aromatic carbocycles. The summed E-state index contributed by atoms with van der Waals surface area (Å²) < 4.78 is 0. The third kappa shape index (κ3) is 4.31. The van der Waals surface area contributed by atoms with Gasteiger partial charge in [0.15, 0.2) is 0 Å². The van der Waals surface area contributed by atoms with Crippen LogP contribution in [0.15, 0.2) is 54.7 Å². The number of hydroxylamine groups is 1. The van der Waals surface area contributed by atoms with E-state index in [-0.39, 0.29) is 12.6 Å². The number of aromatic amines is 1. The predicted octanol–water partition coefficient (Wildman–Crippen LogP) is 3.21. The Kier molecular flexibility index (Phi) is 6.28. The van der Waals surface area contributed by atoms with Crippen molar-refractivity contribution in [1.29, 1.82) is 0 Å². The van der Waals surface area contributed by atoms with Crippen LogP contribution in [-0.2, 0) is 17.6 Å². The number of H-pyrrole nitrogens is 1. The molecule has 0 bridgehead atoms. The molecule has 0 unspecified atom stereocenters. The van der Waals surface area contributed by atoms with Crippen LogP contribution in [-0.4, -0.2) is 45.8 Å². The number of hydrogen-bond donors (Lipinski definition) is 4. The van der Waals surface area contributed by atoms with Crippen molar-refractivity contribution in [1.82, 2.24) is 15.4 Å². The van der Waals surface area contributed by atoms with Crippen molar-refractivity contribution in [3.05, 3.63) is 77.0 Å². The number of nitrogens with one attached hydrogen (secondary N) is 2. The molecular weight excluding hydrogens is 378 g/mol. The van der Waals surface area contributed by atoms with Crippen molar-refractivity contribution in [2.75, 3.05) is 19.7 Å². The van der Waals surface area contributed by atoms with Crippen molar-refractivity contribution in [3.8, 4) is 0 Å². The number of rotatable bonds is 8. The molecule has 1 heterocycles. The molecule has 0 aliphatic heterocycles. The molecule has 6 nitrogen and oxygen atoms in total. The lowest BCUT2D eigenvalue weighted by Crippen LogP contribution is -2.32. The van der Waals surface area contributed by atoms with Crippen LogP contribution in [0.2, 0.25) is 0 Å². The number of nitrogens with zero attached hydrogens (tertiary/aromatic N) is 1. The fraction of sp³-hybridized carbons (Fsp3) is 0.292. The fourth-order valence-electron chi connectivity index (χ4n) is 4.46. The molecule has 0 fully saturated rings. The van der Waals surface area contributed by atoms with Gasteiger partial charge < -0.3 is 10.1 Å². The van der Waals surface area contributed by atoms with Crippen LogP contribution < -0.4 is 5.48 Å². The van der Waals surface area contributed by atoms with Crippen molar-refractivity contribution >= 4 is 22.9 Å². The fourth-order valence-corrected chi connectivity index (χ4v) is 4.46. The lowest BCUT2D eigenvalue weighted by Gasteiger charge is -2.29. The lowest BCUT2D eigenvalue weighted by molar-refractivity contribution is -0.124. The summed E-state index contributed by atoms with van der Waals surface area (Å²) in [5.74, 6) is -0.542. The van der Waals surface area contributed by atoms with Gasteiger partial charge in [-0.3, -0.25) is 14.9 Å². The van der Waals surface area contributed by atoms with E-state index in [1.54, 1.807) is 11.6 Å². The van der Waals surface area contributed by atoms with Gasteiger partial charge in [-0.2, -0.15) is 0 Å². The number of amides is 1. The first-order valence-corrected chi connectivity index (χ1v) is 10.3. The number of fused-ring (bicyclic) bond motifs is 2. The number of para-hydroxylation sites is 1. The van der Waals surface area contributed by atoms with Gasteiger partial charge in [0.25, 0.3) is 5.91 Å². The highest BCUT2D eigenvalue weighted by Gasteiger charge is 2.27. The molecular formula is C24H27N3O3. The van der Waals surface area contributed by atoms with E-state index in [1.807, 2.05) is 12.1 Å². The van der Waals surface area contributed by atoms with E-state index >= 15 is 0 Å². The van der Waals surface area contributed by atoms with Gasteiger partial charge in [0, 0.05) is 42.3 Å². The molecule has 1 aliphatic rings. The zero-order chi connectivity index (χ0) is 20.9. The zero-order valence-corrected chi connectivity index (χ0v) is 16.8. The van der Waals surface area contributed by atoms with Crippen LogP contribution >= 0.6 is 0 Å². The van der Waals surface area contributed by atoms with Crippen molar-refractivity contribution in [2.24, 2.45) is 0 Å². The first-order chi connectivity index (χ1) is 14.7. The quantitative estimate of drug-likeness (QED) is 0.263. The highest BCUT2D eigenvalue weighted by Crippen LogP contribution is 2.36. The molecule has 0 radical (unpaired) electrons. The third-order valence-electron chi connectivity index (χ3n) is 5.92. The van der Waals surface area contributed by atoms with Crippen LogP contribution in [0.3, 0.4) is 0 Å². The van der Waals surface area contributed by atoms with E-state index in [2.05, 4.69) is 46.4 Å². The molecule has 0 saturated heterocycles. The van der Waals surface area contributed by atoms with Crippen molar-refractivity contribution in [3.63, 3.8) is 0 Å². The van der Waals surface area contributed by atoms with E-state index in [0.29, 0.717) is 6.54 Å². The second-order valence-electron chi connectivity index (χ2n) is 7.69. The molecule has 1 amide bonds. The number of carbonyl (C=O) groups excluding carboxylic acids is 1. The zero-order valence-electron chi connectivity index (χ0n) is 16.8. The minimum Gasteiger partial charge on any atom is -0.395 e. The summed E-state index contributed by atoms with van der Waals surface area (Å²) in [7, 11) is 0. The number of aliphatic hydroxyl groups excluding tert-OH is 1. The maximum Gasteiger partial charge on any atom is 0.267 e. The SMILES string of the molecule is O=C(/C=C/c1ccc2c(c1)CC[C@H]2N(CCO)CCc1c[nH]c2ccccc12)NO. The minimum absolute atomic E-state index is 0.136. The van der Waals surface area contributed by atoms with E-state index in [4.69, 9.17) is 5.21 Å². The normalized spacial score (nSPS) is 15.9. The van der Waals surface area contributed by atoms with Gasteiger partial charge in [-0.25, -0.2) is 5.48 Å². The number of benzene rings is 2. The Morgan fingerprint density at radius 3 is 2.93 bits per heavy atom. The van der Waals surface area contributed by atoms with Crippen molar-refractivity contribution < 1.29 is 15.1 Å². The van der Waals surface area contributed by atoms with E-state index in [9.17, 15) is 9.90 Å². The van der Waals surface area contributed by atoms with Gasteiger partial charge >= 0.3 is 0 Å². The first kappa shape index (κ1) is 20.3. The Labute approximate surface area is 175 Å². The van der Waals surface area contributed by atoms with Gasteiger partial charge in [0.1, 0.15) is 0 Å². The Morgan fingerprint density at radius 2 is 2.10 bits per heavy atom. The van der Waals surface area contributed by atoms with Gasteiger partial charge in [0.2, 0.25) is 0 Å². The maximum absolute atomic E-state index is 11.2. The first-order valence-electron chi connectivity index (χ1n) is 10.3. The Bertz CT molecular complexity index is 1060. The van der Waals surface area contributed by atoms with Crippen LogP contribution in [0.25, 0.3) is 17.0 Å². The molecule has 156 valence electrons. The third-order valence-corrected chi connectivity index (χ3v) is 5.92. The topological polar surface area (TPSA) is 88.6 Å². The van der Waals surface area contributed by atoms with E-state index in [1.165, 1.54) is 28.2 Å². The number of aliphatic hydroxyl groups is 1. The highest BCUT2D eigenvalue weighted by atomic mass is 16.5. The number of aromatic nitrogens is 1. The summed E-state index contributed by atoms with van der Waals surface area (Å²) in [6, 6.07) is 14.9. The standard InChI is InChI=1S/C24H27N3O3/c28-14-13-27(12-11-19-16-25-22-4-2-1-3-20(19)22)23-9-7-18-15-17(5-8-21(18)23)6-10-24(29)26-30/h1-6,8,10,15-16,23,25,28,30H,7,9,11-14H2,(H,26,29)/b10-6+/t23-/m1/s1. The number of aryl methyl sites for hydroxylation is 1. The van der Waals surface area contributed by atoms with Gasteiger partial charge in [-0.1, -0.05) is 36.4 Å². The summed E-state index contributed by atoms with van der Waals surface area (Å²) in [5.41, 5.74) is 7.57. The van der Waals surface area contributed by atoms with Crippen LogP contribution in [0.1, 0.15) is 34.7 Å². The monoisotopic (exact) mass is 405 g/mol. The smallest absolute Gasteiger partial charge is 0.267 e.